The maximum absolute atomic E-state index is 12.6. The molecule has 1 aliphatic heterocycles. The van der Waals surface area contributed by atoms with E-state index in [1.807, 2.05) is 4.90 Å². The molecule has 0 unspecified atom stereocenters. The molecule has 0 aromatic heterocycles. The first-order chi connectivity index (χ1) is 10.8. The molecule has 0 aromatic carbocycles. The van der Waals surface area contributed by atoms with Gasteiger partial charge in [-0.25, -0.2) is 0 Å². The molecule has 1 heterocycles. The largest absolute Gasteiger partial charge is 0.401 e. The molecule has 1 aliphatic carbocycles. The van der Waals surface area contributed by atoms with Gasteiger partial charge in [-0.1, -0.05) is 0 Å². The van der Waals surface area contributed by atoms with Crippen LogP contribution in [0, 0.1) is 5.92 Å². The van der Waals surface area contributed by atoms with Crippen LogP contribution in [0.1, 0.15) is 39.5 Å². The summed E-state index contributed by atoms with van der Waals surface area (Å²) in [5.41, 5.74) is 0. The third kappa shape index (κ3) is 5.64. The highest BCUT2D eigenvalue weighted by Crippen LogP contribution is 2.27. The van der Waals surface area contributed by atoms with E-state index >= 15 is 0 Å². The summed E-state index contributed by atoms with van der Waals surface area (Å²) in [6.45, 7) is 6.73. The van der Waals surface area contributed by atoms with Crippen molar-refractivity contribution in [2.45, 2.75) is 57.8 Å². The molecule has 0 aromatic rings. The topological polar surface area (TPSA) is 35.6 Å². The number of carbonyl (C=O) groups is 1. The van der Waals surface area contributed by atoms with Crippen LogP contribution in [0.2, 0.25) is 0 Å². The first-order valence-corrected chi connectivity index (χ1v) is 8.59. The maximum Gasteiger partial charge on any atom is 0.401 e. The monoisotopic (exact) mass is 335 g/mol. The Morgan fingerprint density at radius 3 is 2.13 bits per heavy atom. The molecule has 2 fully saturated rings. The van der Waals surface area contributed by atoms with Gasteiger partial charge in [-0.3, -0.25) is 9.69 Å². The number of rotatable bonds is 4. The second-order valence-corrected chi connectivity index (χ2v) is 7.00. The van der Waals surface area contributed by atoms with Crippen LogP contribution in [-0.4, -0.2) is 66.7 Å². The number of amides is 1. The van der Waals surface area contributed by atoms with Gasteiger partial charge in [-0.15, -0.1) is 0 Å². The Morgan fingerprint density at radius 2 is 1.65 bits per heavy atom. The Bertz CT molecular complexity index is 385. The number of hydrogen-bond donors (Lipinski definition) is 1. The van der Waals surface area contributed by atoms with Crippen molar-refractivity contribution >= 4 is 5.91 Å². The summed E-state index contributed by atoms with van der Waals surface area (Å²) in [4.78, 5) is 16.9. The van der Waals surface area contributed by atoms with E-state index in [-0.39, 0.29) is 17.9 Å². The zero-order chi connectivity index (χ0) is 17.0. The Morgan fingerprint density at radius 1 is 1.09 bits per heavy atom. The molecule has 4 nitrogen and oxygen atoms in total. The average Bonchev–Trinajstić information content (AvgIpc) is 2.52. The summed E-state index contributed by atoms with van der Waals surface area (Å²) in [7, 11) is 0. The van der Waals surface area contributed by atoms with Crippen LogP contribution in [0.4, 0.5) is 13.2 Å². The summed E-state index contributed by atoms with van der Waals surface area (Å²) >= 11 is 0. The third-order valence-electron chi connectivity index (χ3n) is 5.02. The van der Waals surface area contributed by atoms with E-state index in [0.29, 0.717) is 31.7 Å². The molecule has 2 rings (SSSR count). The minimum atomic E-state index is -4.16. The van der Waals surface area contributed by atoms with E-state index in [9.17, 15) is 18.0 Å². The van der Waals surface area contributed by atoms with Crippen LogP contribution in [-0.2, 0) is 4.79 Å². The van der Waals surface area contributed by atoms with Gasteiger partial charge in [0, 0.05) is 44.2 Å². The summed E-state index contributed by atoms with van der Waals surface area (Å²) in [5.74, 6) is 0.187. The smallest absolute Gasteiger partial charge is 0.340 e. The fourth-order valence-corrected chi connectivity index (χ4v) is 3.52. The van der Waals surface area contributed by atoms with Crippen molar-refractivity contribution < 1.29 is 18.0 Å². The molecule has 2 aliphatic rings. The Labute approximate surface area is 136 Å². The molecular formula is C16H28F3N3O. The Balaban J connectivity index is 1.72. The van der Waals surface area contributed by atoms with E-state index in [4.69, 9.17) is 0 Å². The molecule has 1 saturated heterocycles. The zero-order valence-corrected chi connectivity index (χ0v) is 14.0. The van der Waals surface area contributed by atoms with Gasteiger partial charge < -0.3 is 10.2 Å². The fraction of sp³-hybridized carbons (Fsp3) is 0.938. The molecule has 134 valence electrons. The number of halogens is 3. The van der Waals surface area contributed by atoms with E-state index in [0.717, 1.165) is 26.2 Å². The first-order valence-electron chi connectivity index (χ1n) is 8.59. The molecule has 0 bridgehead atoms. The lowest BCUT2D eigenvalue weighted by molar-refractivity contribution is -0.139. The van der Waals surface area contributed by atoms with Crippen molar-refractivity contribution in [1.29, 1.82) is 0 Å². The second kappa shape index (κ2) is 7.83. The van der Waals surface area contributed by atoms with E-state index in [1.165, 1.54) is 0 Å². The van der Waals surface area contributed by atoms with Gasteiger partial charge in [-0.2, -0.15) is 13.2 Å². The number of piperazine rings is 1. The SMILES string of the molecule is CC(C)N1CCN(C(=O)C2CCC(NCC(F)(F)F)CC2)CC1. The minimum Gasteiger partial charge on any atom is -0.340 e. The summed E-state index contributed by atoms with van der Waals surface area (Å²) in [6.07, 6.45) is -1.48. The highest BCUT2D eigenvalue weighted by atomic mass is 19.4. The number of nitrogens with one attached hydrogen (secondary N) is 1. The van der Waals surface area contributed by atoms with Crippen LogP contribution in [0.15, 0.2) is 0 Å². The van der Waals surface area contributed by atoms with E-state index in [2.05, 4.69) is 24.1 Å². The quantitative estimate of drug-likeness (QED) is 0.856. The standard InChI is InChI=1S/C16H28F3N3O/c1-12(2)21-7-9-22(10-8-21)15(23)13-3-5-14(6-4-13)20-11-16(17,18)19/h12-14,20H,3-11H2,1-2H3. The number of carbonyl (C=O) groups excluding carboxylic acids is 1. The van der Waals surface area contributed by atoms with Gasteiger partial charge in [0.05, 0.1) is 6.54 Å². The molecule has 0 radical (unpaired) electrons. The zero-order valence-electron chi connectivity index (χ0n) is 14.0. The van der Waals surface area contributed by atoms with Crippen LogP contribution >= 0.6 is 0 Å². The van der Waals surface area contributed by atoms with E-state index in [1.54, 1.807) is 0 Å². The molecule has 0 spiro atoms. The van der Waals surface area contributed by atoms with Crippen LogP contribution in [0.25, 0.3) is 0 Å². The lowest BCUT2D eigenvalue weighted by atomic mass is 9.85. The fourth-order valence-electron chi connectivity index (χ4n) is 3.52. The van der Waals surface area contributed by atoms with Gasteiger partial charge in [0.2, 0.25) is 5.91 Å². The summed E-state index contributed by atoms with van der Waals surface area (Å²) < 4.78 is 36.7. The highest BCUT2D eigenvalue weighted by Gasteiger charge is 2.33. The molecule has 1 saturated carbocycles. The van der Waals surface area contributed by atoms with Crippen LogP contribution in [0.5, 0.6) is 0 Å². The number of nitrogens with zero attached hydrogens (tertiary/aromatic N) is 2. The molecule has 23 heavy (non-hydrogen) atoms. The third-order valence-corrected chi connectivity index (χ3v) is 5.02. The van der Waals surface area contributed by atoms with Crippen LogP contribution < -0.4 is 5.32 Å². The van der Waals surface area contributed by atoms with Crippen molar-refractivity contribution in [2.75, 3.05) is 32.7 Å². The normalized spacial score (nSPS) is 27.5. The summed E-state index contributed by atoms with van der Waals surface area (Å²) in [5, 5.41) is 2.56. The molecule has 1 amide bonds. The van der Waals surface area contributed by atoms with Gasteiger partial charge >= 0.3 is 6.18 Å². The van der Waals surface area contributed by atoms with Crippen LogP contribution in [0.3, 0.4) is 0 Å². The molecular weight excluding hydrogens is 307 g/mol. The van der Waals surface area contributed by atoms with Crippen molar-refractivity contribution in [1.82, 2.24) is 15.1 Å². The predicted molar refractivity (Wildman–Crippen MR) is 83.1 cm³/mol. The van der Waals surface area contributed by atoms with Gasteiger partial charge in [0.15, 0.2) is 0 Å². The Hall–Kier alpha value is -0.820. The Kier molecular flexibility index (Phi) is 6.31. The van der Waals surface area contributed by atoms with Crippen molar-refractivity contribution in [3.8, 4) is 0 Å². The minimum absolute atomic E-state index is 0.00969. The van der Waals surface area contributed by atoms with Crippen molar-refractivity contribution in [3.63, 3.8) is 0 Å². The second-order valence-electron chi connectivity index (χ2n) is 7.00. The molecule has 0 atom stereocenters. The van der Waals surface area contributed by atoms with Gasteiger partial charge in [-0.05, 0) is 39.5 Å². The number of hydrogen-bond acceptors (Lipinski definition) is 3. The van der Waals surface area contributed by atoms with Crippen molar-refractivity contribution in [3.05, 3.63) is 0 Å². The lowest BCUT2D eigenvalue weighted by Gasteiger charge is -2.39. The lowest BCUT2D eigenvalue weighted by Crippen LogP contribution is -2.52. The van der Waals surface area contributed by atoms with E-state index < -0.39 is 12.7 Å². The summed E-state index contributed by atoms with van der Waals surface area (Å²) in [6, 6.07) is 0.390. The predicted octanol–water partition coefficient (Wildman–Crippen LogP) is 2.25. The maximum atomic E-state index is 12.6. The van der Waals surface area contributed by atoms with Gasteiger partial charge in [0.25, 0.3) is 0 Å². The van der Waals surface area contributed by atoms with Crippen molar-refractivity contribution in [2.24, 2.45) is 5.92 Å². The molecule has 7 heteroatoms. The average molecular weight is 335 g/mol. The first kappa shape index (κ1) is 18.5. The molecule has 1 N–H and O–H groups in total. The highest BCUT2D eigenvalue weighted by molar-refractivity contribution is 5.79. The van der Waals surface area contributed by atoms with Gasteiger partial charge in [0.1, 0.15) is 0 Å². The number of alkyl halides is 3.